The van der Waals surface area contributed by atoms with Crippen molar-refractivity contribution in [2.24, 2.45) is 0 Å². The molecule has 0 bridgehead atoms. The number of rotatable bonds is 3. The number of fused-ring (bicyclic) bond motifs is 1. The van der Waals surface area contributed by atoms with E-state index in [1.165, 1.54) is 0 Å². The normalized spacial score (nSPS) is 10.9. The molecule has 4 aromatic rings. The summed E-state index contributed by atoms with van der Waals surface area (Å²) in [7, 11) is 0. The average molecular weight is 485 g/mol. The fourth-order valence-corrected chi connectivity index (χ4v) is 4.14. The maximum absolute atomic E-state index is 12.8. The van der Waals surface area contributed by atoms with Gasteiger partial charge in [0.05, 0.1) is 4.47 Å². The molecule has 0 spiro atoms. The summed E-state index contributed by atoms with van der Waals surface area (Å²) in [6.07, 6.45) is 1.89. The molecular formula is C21H15Br2N3O. The molecule has 6 heteroatoms. The zero-order chi connectivity index (χ0) is 19.0. The van der Waals surface area contributed by atoms with Gasteiger partial charge in [0, 0.05) is 21.8 Å². The molecule has 2 aromatic carbocycles. The highest BCUT2D eigenvalue weighted by molar-refractivity contribution is 9.11. The molecular weight excluding hydrogens is 470 g/mol. The molecule has 0 aliphatic heterocycles. The highest BCUT2D eigenvalue weighted by Crippen LogP contribution is 2.33. The van der Waals surface area contributed by atoms with E-state index in [0.29, 0.717) is 11.4 Å². The van der Waals surface area contributed by atoms with E-state index in [0.717, 1.165) is 31.4 Å². The summed E-state index contributed by atoms with van der Waals surface area (Å²) in [6, 6.07) is 19.2. The van der Waals surface area contributed by atoms with Gasteiger partial charge in [0.2, 0.25) is 0 Å². The van der Waals surface area contributed by atoms with Gasteiger partial charge in [0.1, 0.15) is 11.5 Å². The molecule has 0 saturated heterocycles. The van der Waals surface area contributed by atoms with Gasteiger partial charge in [-0.25, -0.2) is 4.98 Å². The predicted octanol–water partition coefficient (Wildman–Crippen LogP) is 6.09. The number of carbonyl (C=O) groups is 1. The van der Waals surface area contributed by atoms with Gasteiger partial charge in [0.15, 0.2) is 5.65 Å². The number of nitrogens with one attached hydrogen (secondary N) is 1. The number of hydrogen-bond acceptors (Lipinski definition) is 2. The average Bonchev–Trinajstić information content (AvgIpc) is 3.02. The lowest BCUT2D eigenvalue weighted by Gasteiger charge is -2.09. The second kappa shape index (κ2) is 7.29. The molecule has 134 valence electrons. The predicted molar refractivity (Wildman–Crippen MR) is 115 cm³/mol. The van der Waals surface area contributed by atoms with Crippen LogP contribution in [0, 0.1) is 6.92 Å². The lowest BCUT2D eigenvalue weighted by molar-refractivity contribution is 0.102. The Morgan fingerprint density at radius 3 is 2.44 bits per heavy atom. The number of benzene rings is 2. The smallest absolute Gasteiger partial charge is 0.256 e. The Kier molecular flexibility index (Phi) is 4.85. The summed E-state index contributed by atoms with van der Waals surface area (Å²) in [5, 5.41) is 3.04. The van der Waals surface area contributed by atoms with Crippen molar-refractivity contribution in [2.75, 3.05) is 5.32 Å². The van der Waals surface area contributed by atoms with Crippen molar-refractivity contribution < 1.29 is 4.79 Å². The molecule has 1 N–H and O–H groups in total. The van der Waals surface area contributed by atoms with Crippen LogP contribution in [-0.4, -0.2) is 15.3 Å². The Morgan fingerprint density at radius 2 is 1.74 bits per heavy atom. The van der Waals surface area contributed by atoms with Gasteiger partial charge < -0.3 is 5.32 Å². The van der Waals surface area contributed by atoms with E-state index in [9.17, 15) is 4.79 Å². The van der Waals surface area contributed by atoms with E-state index in [4.69, 9.17) is 4.98 Å². The Hall–Kier alpha value is -2.44. The van der Waals surface area contributed by atoms with Crippen LogP contribution in [0.25, 0.3) is 16.9 Å². The minimum atomic E-state index is -0.176. The van der Waals surface area contributed by atoms with Gasteiger partial charge >= 0.3 is 0 Å². The third-order valence-electron chi connectivity index (χ3n) is 4.23. The van der Waals surface area contributed by atoms with Crippen LogP contribution in [0.3, 0.4) is 0 Å². The maximum Gasteiger partial charge on any atom is 0.256 e. The lowest BCUT2D eigenvalue weighted by Crippen LogP contribution is -2.14. The number of amides is 1. The standard InChI is InChI=1S/C21H15Br2N3O/c1-13-7-9-15(10-8-13)21(27)25-20-18(14-5-3-2-4-6-14)24-19-17(23)11-16(22)12-26(19)20/h2-12H,1H3,(H,25,27). The molecule has 2 aromatic heterocycles. The molecule has 2 heterocycles. The topological polar surface area (TPSA) is 46.4 Å². The van der Waals surface area contributed by atoms with Crippen molar-refractivity contribution in [3.63, 3.8) is 0 Å². The van der Waals surface area contributed by atoms with Gasteiger partial charge in [-0.3, -0.25) is 9.20 Å². The van der Waals surface area contributed by atoms with Gasteiger partial charge in [-0.15, -0.1) is 0 Å². The zero-order valence-electron chi connectivity index (χ0n) is 14.4. The van der Waals surface area contributed by atoms with E-state index >= 15 is 0 Å². The highest BCUT2D eigenvalue weighted by atomic mass is 79.9. The van der Waals surface area contributed by atoms with Crippen LogP contribution in [0.1, 0.15) is 15.9 Å². The number of imidazole rings is 1. The molecule has 27 heavy (non-hydrogen) atoms. The summed E-state index contributed by atoms with van der Waals surface area (Å²) in [5.74, 6) is 0.453. The van der Waals surface area contributed by atoms with Crippen molar-refractivity contribution in [3.8, 4) is 11.3 Å². The van der Waals surface area contributed by atoms with E-state index in [2.05, 4.69) is 37.2 Å². The minimum absolute atomic E-state index is 0.176. The fraction of sp³-hybridized carbons (Fsp3) is 0.0476. The number of anilines is 1. The second-order valence-electron chi connectivity index (χ2n) is 6.20. The first-order valence-electron chi connectivity index (χ1n) is 8.33. The fourth-order valence-electron chi connectivity index (χ4n) is 2.87. The van der Waals surface area contributed by atoms with Gasteiger partial charge in [0.25, 0.3) is 5.91 Å². The first kappa shape index (κ1) is 17.9. The largest absolute Gasteiger partial charge is 0.306 e. The summed E-state index contributed by atoms with van der Waals surface area (Å²) in [5.41, 5.74) is 4.09. The van der Waals surface area contributed by atoms with Crippen LogP contribution in [0.4, 0.5) is 5.82 Å². The molecule has 4 nitrogen and oxygen atoms in total. The number of halogens is 2. The zero-order valence-corrected chi connectivity index (χ0v) is 17.6. The summed E-state index contributed by atoms with van der Waals surface area (Å²) in [4.78, 5) is 17.6. The van der Waals surface area contributed by atoms with Crippen molar-refractivity contribution in [1.82, 2.24) is 9.38 Å². The number of aromatic nitrogens is 2. The molecule has 0 saturated carbocycles. The van der Waals surface area contributed by atoms with E-state index in [1.807, 2.05) is 78.2 Å². The van der Waals surface area contributed by atoms with Gasteiger partial charge in [-0.05, 0) is 57.0 Å². The van der Waals surface area contributed by atoms with E-state index in [1.54, 1.807) is 0 Å². The molecule has 0 atom stereocenters. The summed E-state index contributed by atoms with van der Waals surface area (Å²) >= 11 is 7.07. The van der Waals surface area contributed by atoms with Crippen LogP contribution in [-0.2, 0) is 0 Å². The summed E-state index contributed by atoms with van der Waals surface area (Å²) < 4.78 is 3.59. The number of pyridine rings is 1. The molecule has 4 rings (SSSR count). The Labute approximate surface area is 173 Å². The lowest BCUT2D eigenvalue weighted by atomic mass is 10.1. The highest BCUT2D eigenvalue weighted by Gasteiger charge is 2.19. The Morgan fingerprint density at radius 1 is 1.04 bits per heavy atom. The quantitative estimate of drug-likeness (QED) is 0.382. The Balaban J connectivity index is 1.86. The third-order valence-corrected chi connectivity index (χ3v) is 5.25. The molecule has 0 unspecified atom stereocenters. The number of carbonyl (C=O) groups excluding carboxylic acids is 1. The Bertz CT molecular complexity index is 1140. The third kappa shape index (κ3) is 3.55. The van der Waals surface area contributed by atoms with E-state index in [-0.39, 0.29) is 5.91 Å². The minimum Gasteiger partial charge on any atom is -0.306 e. The molecule has 0 aliphatic rings. The number of nitrogens with zero attached hydrogens (tertiary/aromatic N) is 2. The van der Waals surface area contributed by atoms with Crippen LogP contribution in [0.5, 0.6) is 0 Å². The number of hydrogen-bond donors (Lipinski definition) is 1. The number of aryl methyl sites for hydroxylation is 1. The van der Waals surface area contributed by atoms with Crippen LogP contribution >= 0.6 is 31.9 Å². The molecule has 0 radical (unpaired) electrons. The maximum atomic E-state index is 12.8. The van der Waals surface area contributed by atoms with Crippen molar-refractivity contribution in [3.05, 3.63) is 86.9 Å². The monoisotopic (exact) mass is 483 g/mol. The van der Waals surface area contributed by atoms with Crippen LogP contribution in [0.2, 0.25) is 0 Å². The molecule has 0 aliphatic carbocycles. The van der Waals surface area contributed by atoms with Crippen molar-refractivity contribution in [2.45, 2.75) is 6.92 Å². The van der Waals surface area contributed by atoms with Crippen molar-refractivity contribution in [1.29, 1.82) is 0 Å². The SMILES string of the molecule is Cc1ccc(C(=O)Nc2c(-c3ccccc3)nc3c(Br)cc(Br)cn23)cc1. The summed E-state index contributed by atoms with van der Waals surface area (Å²) in [6.45, 7) is 1.99. The van der Waals surface area contributed by atoms with Gasteiger partial charge in [-0.1, -0.05) is 48.0 Å². The second-order valence-corrected chi connectivity index (χ2v) is 7.97. The molecule has 0 fully saturated rings. The molecule has 1 amide bonds. The van der Waals surface area contributed by atoms with E-state index < -0.39 is 0 Å². The van der Waals surface area contributed by atoms with Crippen LogP contribution < -0.4 is 5.32 Å². The first-order chi connectivity index (χ1) is 13.0. The van der Waals surface area contributed by atoms with Gasteiger partial charge in [-0.2, -0.15) is 0 Å². The first-order valence-corrected chi connectivity index (χ1v) is 9.92. The van der Waals surface area contributed by atoms with Crippen LogP contribution in [0.15, 0.2) is 75.8 Å². The van der Waals surface area contributed by atoms with Crippen molar-refractivity contribution >= 4 is 49.2 Å².